The summed E-state index contributed by atoms with van der Waals surface area (Å²) >= 11 is 0. The van der Waals surface area contributed by atoms with E-state index in [0.717, 1.165) is 0 Å². The molecule has 0 bridgehead atoms. The van der Waals surface area contributed by atoms with Gasteiger partial charge in [0, 0.05) is 23.2 Å². The molecule has 0 aliphatic rings. The zero-order valence-electron chi connectivity index (χ0n) is 9.00. The molecule has 0 rings (SSSR count). The third-order valence-corrected chi connectivity index (χ3v) is 4.31. The lowest BCUT2D eigenvalue weighted by atomic mass is 10.9. The highest BCUT2D eigenvalue weighted by Gasteiger charge is 2.03. The van der Waals surface area contributed by atoms with Crippen molar-refractivity contribution in [3.8, 4) is 0 Å². The molecule has 0 aliphatic heterocycles. The predicted octanol–water partition coefficient (Wildman–Crippen LogP) is 0.985. The molecule has 0 saturated heterocycles. The maximum Gasteiger partial charge on any atom is 0.172 e. The number of nitrogens with zero attached hydrogens (tertiary/aromatic N) is 1. The predicted molar refractivity (Wildman–Crippen MR) is 60.1 cm³/mol. The Morgan fingerprint density at radius 3 is 1.50 bits per heavy atom. The van der Waals surface area contributed by atoms with Crippen molar-refractivity contribution in [3.05, 3.63) is 23.2 Å². The highest BCUT2D eigenvalue weighted by molar-refractivity contribution is 7.94. The Hall–Kier alpha value is -0.890. The molecule has 0 N–H and O–H groups in total. The summed E-state index contributed by atoms with van der Waals surface area (Å²) in [7, 11) is -6.84. The third-order valence-electron chi connectivity index (χ3n) is 1.63. The van der Waals surface area contributed by atoms with Gasteiger partial charge in [-0.1, -0.05) is 18.3 Å². The van der Waals surface area contributed by atoms with E-state index >= 15 is 0 Å². The summed E-state index contributed by atoms with van der Waals surface area (Å²) in [6, 6.07) is 0. The second kappa shape index (κ2) is 6.00. The van der Waals surface area contributed by atoms with Crippen LogP contribution in [0.2, 0.25) is 0 Å². The number of hydrogen-bond acceptors (Lipinski definition) is 5. The van der Waals surface area contributed by atoms with Gasteiger partial charge in [0.1, 0.15) is 0 Å². The van der Waals surface area contributed by atoms with Crippen molar-refractivity contribution < 1.29 is 21.3 Å². The maximum absolute atomic E-state index is 12.9. The fourth-order valence-electron chi connectivity index (χ4n) is 0.544. The second-order valence-corrected chi connectivity index (χ2v) is 7.17. The maximum atomic E-state index is 12.9. The largest absolute Gasteiger partial charge is 0.224 e. The minimum Gasteiger partial charge on any atom is -0.224 e. The summed E-state index contributed by atoms with van der Waals surface area (Å²) in [5.74, 6) is -0.289. The van der Waals surface area contributed by atoms with Crippen molar-refractivity contribution in [2.45, 2.75) is 13.8 Å². The molecule has 0 aromatic heterocycles. The fraction of sp³-hybridized carbons (Fsp3) is 0.500. The standard InChI is InChI=1S/C8H14FNO4S2/c1-3-15(11,12)7-5-10(9)6-8-16(13,14)4-2/h5-8H,3-4H2,1-2H3. The van der Waals surface area contributed by atoms with E-state index in [1.165, 1.54) is 13.8 Å². The summed E-state index contributed by atoms with van der Waals surface area (Å²) in [4.78, 5) is 0. The molecule has 0 amide bonds. The number of sulfone groups is 2. The summed E-state index contributed by atoms with van der Waals surface area (Å²) < 4.78 is 56.6. The summed E-state index contributed by atoms with van der Waals surface area (Å²) in [6.45, 7) is 2.83. The van der Waals surface area contributed by atoms with Crippen LogP contribution < -0.4 is 0 Å². The molecule has 94 valence electrons. The van der Waals surface area contributed by atoms with E-state index in [0.29, 0.717) is 23.2 Å². The Morgan fingerprint density at radius 1 is 0.938 bits per heavy atom. The highest BCUT2D eigenvalue weighted by Crippen LogP contribution is 2.00. The summed E-state index contributed by atoms with van der Waals surface area (Å²) in [6.07, 6.45) is 1.28. The topological polar surface area (TPSA) is 71.5 Å². The molecule has 0 heterocycles. The first-order valence-electron chi connectivity index (χ1n) is 4.48. The van der Waals surface area contributed by atoms with E-state index in [2.05, 4.69) is 0 Å². The number of hydrogen-bond donors (Lipinski definition) is 0. The quantitative estimate of drug-likeness (QED) is 0.674. The van der Waals surface area contributed by atoms with Crippen LogP contribution in [-0.2, 0) is 19.7 Å². The molecular weight excluding hydrogens is 257 g/mol. The highest BCUT2D eigenvalue weighted by atomic mass is 32.2. The number of halogens is 1. The van der Waals surface area contributed by atoms with Crippen LogP contribution in [0.5, 0.6) is 0 Å². The molecule has 0 radical (unpaired) electrons. The third kappa shape index (κ3) is 6.57. The van der Waals surface area contributed by atoms with Gasteiger partial charge in [-0.05, 0) is 0 Å². The van der Waals surface area contributed by atoms with E-state index in [1.54, 1.807) is 0 Å². The lowest BCUT2D eigenvalue weighted by molar-refractivity contribution is 0.160. The van der Waals surface area contributed by atoms with E-state index in [4.69, 9.17) is 0 Å². The van der Waals surface area contributed by atoms with Crippen LogP contribution >= 0.6 is 0 Å². The average molecular weight is 271 g/mol. The molecule has 0 spiro atoms. The lowest BCUT2D eigenvalue weighted by Gasteiger charge is -2.00. The number of rotatable bonds is 6. The molecular formula is C8H14FNO4S2. The van der Waals surface area contributed by atoms with Crippen LogP contribution in [-0.4, -0.2) is 33.5 Å². The van der Waals surface area contributed by atoms with Gasteiger partial charge in [-0.3, -0.25) is 0 Å². The fourth-order valence-corrected chi connectivity index (χ4v) is 1.53. The van der Waals surface area contributed by atoms with Crippen molar-refractivity contribution >= 4 is 19.7 Å². The van der Waals surface area contributed by atoms with E-state index in [9.17, 15) is 21.3 Å². The molecule has 0 aromatic carbocycles. The van der Waals surface area contributed by atoms with Crippen molar-refractivity contribution in [2.24, 2.45) is 0 Å². The van der Waals surface area contributed by atoms with Crippen LogP contribution in [0.25, 0.3) is 0 Å². The molecule has 0 aromatic rings. The van der Waals surface area contributed by atoms with E-state index in [1.807, 2.05) is 0 Å². The normalized spacial score (nSPS) is 13.7. The summed E-state index contributed by atoms with van der Waals surface area (Å²) in [5, 5.41) is 1.23. The minimum atomic E-state index is -3.42. The average Bonchev–Trinajstić information content (AvgIpc) is 2.24. The zero-order chi connectivity index (χ0) is 12.8. The smallest absolute Gasteiger partial charge is 0.172 e. The Balaban J connectivity index is 4.59. The first-order valence-corrected chi connectivity index (χ1v) is 7.91. The molecule has 0 unspecified atom stereocenters. The van der Waals surface area contributed by atoms with Crippen molar-refractivity contribution in [1.29, 1.82) is 0 Å². The Morgan fingerprint density at radius 2 is 1.25 bits per heavy atom. The van der Waals surface area contributed by atoms with Gasteiger partial charge in [-0.25, -0.2) is 16.8 Å². The molecule has 8 heteroatoms. The minimum absolute atomic E-state index is 0.125. The first-order chi connectivity index (χ1) is 7.22. The van der Waals surface area contributed by atoms with Gasteiger partial charge >= 0.3 is 0 Å². The molecule has 0 fully saturated rings. The van der Waals surface area contributed by atoms with E-state index < -0.39 is 19.7 Å². The zero-order valence-corrected chi connectivity index (χ0v) is 10.6. The van der Waals surface area contributed by atoms with Crippen molar-refractivity contribution in [1.82, 2.24) is 5.12 Å². The second-order valence-electron chi connectivity index (χ2n) is 2.82. The van der Waals surface area contributed by atoms with Crippen LogP contribution in [0.1, 0.15) is 13.8 Å². The molecule has 16 heavy (non-hydrogen) atoms. The monoisotopic (exact) mass is 271 g/mol. The van der Waals surface area contributed by atoms with Gasteiger partial charge in [0.15, 0.2) is 19.7 Å². The Kier molecular flexibility index (Phi) is 5.66. The summed E-state index contributed by atoms with van der Waals surface area (Å²) in [5.41, 5.74) is 0. The molecule has 0 saturated carbocycles. The van der Waals surface area contributed by atoms with Crippen molar-refractivity contribution in [2.75, 3.05) is 11.5 Å². The molecule has 0 atom stereocenters. The van der Waals surface area contributed by atoms with Gasteiger partial charge in [0.05, 0.1) is 11.5 Å². The van der Waals surface area contributed by atoms with E-state index in [-0.39, 0.29) is 16.6 Å². The van der Waals surface area contributed by atoms with Gasteiger partial charge in [-0.15, -0.1) is 0 Å². The van der Waals surface area contributed by atoms with Crippen LogP contribution in [0.3, 0.4) is 0 Å². The van der Waals surface area contributed by atoms with Crippen LogP contribution in [0.15, 0.2) is 23.2 Å². The molecule has 5 nitrogen and oxygen atoms in total. The lowest BCUT2D eigenvalue weighted by Crippen LogP contribution is -2.03. The van der Waals surface area contributed by atoms with Gasteiger partial charge in [-0.2, -0.15) is 5.12 Å². The van der Waals surface area contributed by atoms with Gasteiger partial charge < -0.3 is 0 Å². The van der Waals surface area contributed by atoms with Crippen molar-refractivity contribution in [3.63, 3.8) is 0 Å². The van der Waals surface area contributed by atoms with Gasteiger partial charge in [0.2, 0.25) is 0 Å². The molecule has 0 aliphatic carbocycles. The Bertz CT molecular complexity index is 420. The first kappa shape index (κ1) is 15.1. The van der Waals surface area contributed by atoms with Gasteiger partial charge in [0.25, 0.3) is 0 Å². The Labute approximate surface area is 95.0 Å². The van der Waals surface area contributed by atoms with Crippen LogP contribution in [0, 0.1) is 0 Å². The van der Waals surface area contributed by atoms with Crippen LogP contribution in [0.4, 0.5) is 4.48 Å². The SMILES string of the molecule is CCS(=O)(=O)C=CN(F)C=CS(=O)(=O)CC.